The highest BCUT2D eigenvalue weighted by molar-refractivity contribution is 5.79. The molecule has 0 aromatic carbocycles. The van der Waals surface area contributed by atoms with Gasteiger partial charge in [-0.2, -0.15) is 5.26 Å². The van der Waals surface area contributed by atoms with E-state index in [0.717, 1.165) is 45.1 Å². The van der Waals surface area contributed by atoms with Gasteiger partial charge in [0.1, 0.15) is 5.54 Å². The van der Waals surface area contributed by atoms with Gasteiger partial charge in [-0.25, -0.2) is 0 Å². The molecule has 2 fully saturated rings. The summed E-state index contributed by atoms with van der Waals surface area (Å²) in [5.41, 5.74) is 4.95. The lowest BCUT2D eigenvalue weighted by Crippen LogP contribution is -2.53. The van der Waals surface area contributed by atoms with Crippen LogP contribution in [-0.4, -0.2) is 55.2 Å². The average molecular weight is 294 g/mol. The standard InChI is InChI=1S/C15H26N4O2/c16-9-13-10-19(7-8-21-13)11-14(20)18-15(12-17)5-3-1-2-4-6-15/h13H,1-11,16H2,(H,18,20). The van der Waals surface area contributed by atoms with Gasteiger partial charge in [0.05, 0.1) is 25.3 Å². The Morgan fingerprint density at radius 3 is 2.71 bits per heavy atom. The Balaban J connectivity index is 1.86. The lowest BCUT2D eigenvalue weighted by Gasteiger charge is -2.33. The summed E-state index contributed by atoms with van der Waals surface area (Å²) in [6.07, 6.45) is 5.88. The average Bonchev–Trinajstić information content (AvgIpc) is 2.73. The second-order valence-corrected chi connectivity index (χ2v) is 6.12. The van der Waals surface area contributed by atoms with Crippen molar-refractivity contribution in [2.75, 3.05) is 32.8 Å². The molecular weight excluding hydrogens is 268 g/mol. The van der Waals surface area contributed by atoms with Crippen molar-refractivity contribution < 1.29 is 9.53 Å². The maximum absolute atomic E-state index is 12.3. The summed E-state index contributed by atoms with van der Waals surface area (Å²) in [6.45, 7) is 2.83. The Labute approximate surface area is 126 Å². The van der Waals surface area contributed by atoms with E-state index in [1.54, 1.807) is 0 Å². The first-order chi connectivity index (χ1) is 10.2. The minimum absolute atomic E-state index is 0.00866. The van der Waals surface area contributed by atoms with Crippen molar-refractivity contribution in [1.82, 2.24) is 10.2 Å². The molecule has 3 N–H and O–H groups in total. The number of ether oxygens (including phenoxy) is 1. The van der Waals surface area contributed by atoms with Gasteiger partial charge in [0.25, 0.3) is 0 Å². The second-order valence-electron chi connectivity index (χ2n) is 6.12. The molecule has 2 aliphatic rings. The summed E-state index contributed by atoms with van der Waals surface area (Å²) in [4.78, 5) is 14.3. The lowest BCUT2D eigenvalue weighted by atomic mass is 9.92. The molecule has 6 heteroatoms. The van der Waals surface area contributed by atoms with Crippen LogP contribution in [0.25, 0.3) is 0 Å². The Morgan fingerprint density at radius 2 is 2.10 bits per heavy atom. The molecule has 118 valence electrons. The van der Waals surface area contributed by atoms with Gasteiger partial charge in [-0.15, -0.1) is 0 Å². The first-order valence-electron chi connectivity index (χ1n) is 7.94. The van der Waals surface area contributed by atoms with Crippen LogP contribution in [0.5, 0.6) is 0 Å². The molecule has 0 aromatic rings. The van der Waals surface area contributed by atoms with Gasteiger partial charge in [-0.05, 0) is 12.8 Å². The van der Waals surface area contributed by atoms with E-state index in [1.807, 2.05) is 0 Å². The minimum atomic E-state index is -0.660. The van der Waals surface area contributed by atoms with Crippen molar-refractivity contribution in [3.63, 3.8) is 0 Å². The van der Waals surface area contributed by atoms with Crippen LogP contribution in [0.1, 0.15) is 38.5 Å². The van der Waals surface area contributed by atoms with Crippen LogP contribution in [-0.2, 0) is 9.53 Å². The van der Waals surface area contributed by atoms with Gasteiger partial charge in [-0.3, -0.25) is 9.69 Å². The fraction of sp³-hybridized carbons (Fsp3) is 0.867. The molecule has 21 heavy (non-hydrogen) atoms. The van der Waals surface area contributed by atoms with E-state index in [2.05, 4.69) is 16.3 Å². The van der Waals surface area contributed by atoms with E-state index >= 15 is 0 Å². The molecule has 1 aliphatic heterocycles. The smallest absolute Gasteiger partial charge is 0.235 e. The molecular formula is C15H26N4O2. The van der Waals surface area contributed by atoms with Gasteiger partial charge in [0.2, 0.25) is 5.91 Å². The highest BCUT2D eigenvalue weighted by Crippen LogP contribution is 2.26. The molecule has 0 aromatic heterocycles. The van der Waals surface area contributed by atoms with E-state index in [1.165, 1.54) is 0 Å². The molecule has 0 radical (unpaired) electrons. The van der Waals surface area contributed by atoms with E-state index in [0.29, 0.717) is 26.2 Å². The van der Waals surface area contributed by atoms with Crippen molar-refractivity contribution in [1.29, 1.82) is 5.26 Å². The zero-order chi connectivity index (χ0) is 15.1. The van der Waals surface area contributed by atoms with Crippen LogP contribution >= 0.6 is 0 Å². The monoisotopic (exact) mass is 294 g/mol. The number of nitrogens with zero attached hydrogens (tertiary/aromatic N) is 2. The van der Waals surface area contributed by atoms with Crippen molar-refractivity contribution in [2.24, 2.45) is 5.73 Å². The van der Waals surface area contributed by atoms with Gasteiger partial charge < -0.3 is 15.8 Å². The largest absolute Gasteiger partial charge is 0.374 e. The molecule has 6 nitrogen and oxygen atoms in total. The predicted octanol–water partition coefficient (Wildman–Crippen LogP) is 0.379. The van der Waals surface area contributed by atoms with E-state index in [9.17, 15) is 10.1 Å². The van der Waals surface area contributed by atoms with Crippen molar-refractivity contribution in [3.8, 4) is 6.07 Å². The molecule has 2 rings (SSSR count). The quantitative estimate of drug-likeness (QED) is 0.731. The van der Waals surface area contributed by atoms with Gasteiger partial charge >= 0.3 is 0 Å². The van der Waals surface area contributed by atoms with Crippen LogP contribution in [0.2, 0.25) is 0 Å². The first-order valence-corrected chi connectivity index (χ1v) is 7.94. The Morgan fingerprint density at radius 1 is 1.38 bits per heavy atom. The van der Waals surface area contributed by atoms with E-state index in [4.69, 9.17) is 10.5 Å². The number of morpholine rings is 1. The summed E-state index contributed by atoms with van der Waals surface area (Å²) in [5.74, 6) is -0.0591. The van der Waals surface area contributed by atoms with Crippen LogP contribution < -0.4 is 11.1 Å². The first kappa shape index (κ1) is 16.2. The van der Waals surface area contributed by atoms with Gasteiger partial charge in [0.15, 0.2) is 0 Å². The second kappa shape index (κ2) is 7.74. The summed E-state index contributed by atoms with van der Waals surface area (Å²) in [6, 6.07) is 2.35. The van der Waals surface area contributed by atoms with Crippen molar-refractivity contribution in [2.45, 2.75) is 50.2 Å². The lowest BCUT2D eigenvalue weighted by molar-refractivity contribution is -0.125. The van der Waals surface area contributed by atoms with E-state index < -0.39 is 5.54 Å². The van der Waals surface area contributed by atoms with Crippen LogP contribution in [0.4, 0.5) is 0 Å². The maximum atomic E-state index is 12.3. The number of nitriles is 1. The van der Waals surface area contributed by atoms with Gasteiger partial charge in [0, 0.05) is 19.6 Å². The number of hydrogen-bond donors (Lipinski definition) is 2. The normalized spacial score (nSPS) is 26.6. The molecule has 1 heterocycles. The highest BCUT2D eigenvalue weighted by atomic mass is 16.5. The van der Waals surface area contributed by atoms with E-state index in [-0.39, 0.29) is 12.0 Å². The Hall–Kier alpha value is -1.16. The number of nitrogens with two attached hydrogens (primary N) is 1. The van der Waals surface area contributed by atoms with Crippen LogP contribution in [0, 0.1) is 11.3 Å². The van der Waals surface area contributed by atoms with Crippen LogP contribution in [0.3, 0.4) is 0 Å². The third-order valence-electron chi connectivity index (χ3n) is 4.40. The molecule has 0 spiro atoms. The van der Waals surface area contributed by atoms with Crippen LogP contribution in [0.15, 0.2) is 0 Å². The fourth-order valence-electron chi connectivity index (χ4n) is 3.17. The zero-order valence-electron chi connectivity index (χ0n) is 12.6. The summed E-state index contributed by atoms with van der Waals surface area (Å²) in [5, 5.41) is 12.5. The third kappa shape index (κ3) is 4.67. The van der Waals surface area contributed by atoms with Crippen molar-refractivity contribution in [3.05, 3.63) is 0 Å². The molecule has 1 saturated heterocycles. The molecule has 0 bridgehead atoms. The molecule has 1 unspecified atom stereocenters. The van der Waals surface area contributed by atoms with Crippen molar-refractivity contribution >= 4 is 5.91 Å². The maximum Gasteiger partial charge on any atom is 0.235 e. The summed E-state index contributed by atoms with van der Waals surface area (Å²) < 4.78 is 5.50. The Bertz CT molecular complexity index is 386. The topological polar surface area (TPSA) is 91.4 Å². The van der Waals surface area contributed by atoms with Gasteiger partial charge in [-0.1, -0.05) is 25.7 Å². The zero-order valence-corrected chi connectivity index (χ0v) is 12.6. The number of rotatable bonds is 4. The number of carbonyl (C=O) groups is 1. The molecule has 1 saturated carbocycles. The number of carbonyl (C=O) groups excluding carboxylic acids is 1. The summed E-state index contributed by atoms with van der Waals surface area (Å²) in [7, 11) is 0. The SMILES string of the molecule is N#CC1(NC(=O)CN2CCOC(CN)C2)CCCCCC1. The molecule has 1 amide bonds. The number of amides is 1. The minimum Gasteiger partial charge on any atom is -0.374 e. The number of hydrogen-bond acceptors (Lipinski definition) is 5. The molecule has 1 aliphatic carbocycles. The number of nitrogens with one attached hydrogen (secondary N) is 1. The Kier molecular flexibility index (Phi) is 5.97. The highest BCUT2D eigenvalue weighted by Gasteiger charge is 2.33. The third-order valence-corrected chi connectivity index (χ3v) is 4.40. The summed E-state index contributed by atoms with van der Waals surface area (Å²) >= 11 is 0. The molecule has 1 atom stereocenters. The predicted molar refractivity (Wildman–Crippen MR) is 79.4 cm³/mol. The fourth-order valence-corrected chi connectivity index (χ4v) is 3.17.